The van der Waals surface area contributed by atoms with Crippen molar-refractivity contribution in [3.05, 3.63) is 46.5 Å². The van der Waals surface area contributed by atoms with Crippen molar-refractivity contribution in [2.75, 3.05) is 0 Å². The Balaban J connectivity index is 1.83. The average Bonchev–Trinajstić information content (AvgIpc) is 2.94. The Morgan fingerprint density at radius 3 is 2.43 bits per heavy atom. The summed E-state index contributed by atoms with van der Waals surface area (Å²) < 4.78 is 1.33. The van der Waals surface area contributed by atoms with Gasteiger partial charge in [-0.15, -0.1) is 0 Å². The lowest BCUT2D eigenvalue weighted by Crippen LogP contribution is -2.43. The highest BCUT2D eigenvalue weighted by atomic mass is 35.5. The number of carbonyl (C=O) groups excluding carboxylic acids is 2. The Labute approximate surface area is 130 Å². The monoisotopic (exact) mass is 327 g/mol. The summed E-state index contributed by atoms with van der Waals surface area (Å²) in [4.78, 5) is 27.0. The summed E-state index contributed by atoms with van der Waals surface area (Å²) in [5, 5.41) is 4.56. The molecular formula is C12H11Cl2N5O2. The van der Waals surface area contributed by atoms with Gasteiger partial charge in [0.25, 0.3) is 5.91 Å². The molecule has 0 atom stereocenters. The van der Waals surface area contributed by atoms with Gasteiger partial charge in [0.15, 0.2) is 0 Å². The second-order valence-corrected chi connectivity index (χ2v) is 4.88. The second-order valence-electron chi connectivity index (χ2n) is 4.07. The van der Waals surface area contributed by atoms with E-state index in [2.05, 4.69) is 20.9 Å². The smallest absolute Gasteiger partial charge is 0.260 e. The summed E-state index contributed by atoms with van der Waals surface area (Å²) in [5.74, 6) is -0.865. The van der Waals surface area contributed by atoms with Gasteiger partial charge in [-0.1, -0.05) is 29.3 Å². The number of hydrogen-bond acceptors (Lipinski definition) is 4. The van der Waals surface area contributed by atoms with Crippen LogP contribution in [0, 0.1) is 0 Å². The number of carbonyl (C=O) groups is 2. The molecule has 0 aliphatic carbocycles. The predicted molar refractivity (Wildman–Crippen MR) is 76.5 cm³/mol. The first-order valence-corrected chi connectivity index (χ1v) is 6.65. The maximum atomic E-state index is 11.7. The van der Waals surface area contributed by atoms with E-state index in [4.69, 9.17) is 23.2 Å². The zero-order valence-electron chi connectivity index (χ0n) is 10.7. The Bertz CT molecular complexity index is 625. The van der Waals surface area contributed by atoms with Gasteiger partial charge in [-0.2, -0.15) is 5.10 Å². The molecule has 0 radical (unpaired) electrons. The van der Waals surface area contributed by atoms with Crippen molar-refractivity contribution in [3.8, 4) is 0 Å². The molecular weight excluding hydrogens is 317 g/mol. The van der Waals surface area contributed by atoms with Gasteiger partial charge in [0, 0.05) is 10.0 Å². The highest BCUT2D eigenvalue weighted by Crippen LogP contribution is 2.24. The van der Waals surface area contributed by atoms with Gasteiger partial charge < -0.3 is 0 Å². The number of hydrazine groups is 1. The van der Waals surface area contributed by atoms with Crippen LogP contribution >= 0.6 is 23.2 Å². The molecule has 0 saturated heterocycles. The van der Waals surface area contributed by atoms with E-state index in [0.29, 0.717) is 15.6 Å². The first-order chi connectivity index (χ1) is 10.1. The third-order valence-corrected chi connectivity index (χ3v) is 3.22. The molecule has 1 aromatic heterocycles. The van der Waals surface area contributed by atoms with E-state index in [0.717, 1.165) is 0 Å². The van der Waals surface area contributed by atoms with Crippen LogP contribution in [-0.4, -0.2) is 26.6 Å². The first-order valence-electron chi connectivity index (χ1n) is 5.89. The normalized spacial score (nSPS) is 10.2. The van der Waals surface area contributed by atoms with Crippen LogP contribution < -0.4 is 10.9 Å². The molecule has 0 fully saturated rings. The molecule has 0 aliphatic rings. The average molecular weight is 328 g/mol. The van der Waals surface area contributed by atoms with Crippen molar-refractivity contribution in [2.45, 2.75) is 13.0 Å². The molecule has 21 heavy (non-hydrogen) atoms. The van der Waals surface area contributed by atoms with Crippen LogP contribution in [0.4, 0.5) is 0 Å². The fourth-order valence-electron chi connectivity index (χ4n) is 1.55. The number of nitrogens with one attached hydrogen (secondary N) is 2. The van der Waals surface area contributed by atoms with Crippen LogP contribution in [0.15, 0.2) is 30.9 Å². The van der Waals surface area contributed by atoms with Crippen molar-refractivity contribution in [1.29, 1.82) is 0 Å². The quantitative estimate of drug-likeness (QED) is 0.819. The van der Waals surface area contributed by atoms with Crippen LogP contribution in [0.5, 0.6) is 0 Å². The predicted octanol–water partition coefficient (Wildman–Crippen LogP) is 0.975. The van der Waals surface area contributed by atoms with Crippen LogP contribution in [0.3, 0.4) is 0 Å². The van der Waals surface area contributed by atoms with E-state index in [-0.39, 0.29) is 13.0 Å². The summed E-state index contributed by atoms with van der Waals surface area (Å²) >= 11 is 11.9. The molecule has 0 saturated carbocycles. The minimum atomic E-state index is -0.433. The maximum absolute atomic E-state index is 11.7. The van der Waals surface area contributed by atoms with Gasteiger partial charge in [-0.3, -0.25) is 20.4 Å². The minimum absolute atomic E-state index is 0.0396. The molecule has 0 spiro atoms. The molecule has 1 aromatic carbocycles. The van der Waals surface area contributed by atoms with Crippen molar-refractivity contribution < 1.29 is 9.59 Å². The molecule has 7 nitrogen and oxygen atoms in total. The summed E-state index contributed by atoms with van der Waals surface area (Å²) in [6.07, 6.45) is 2.66. The van der Waals surface area contributed by atoms with Crippen molar-refractivity contribution in [3.63, 3.8) is 0 Å². The van der Waals surface area contributed by atoms with Crippen LogP contribution in [-0.2, 0) is 22.6 Å². The molecule has 0 unspecified atom stereocenters. The summed E-state index contributed by atoms with van der Waals surface area (Å²) in [7, 11) is 0. The molecule has 2 rings (SSSR count). The van der Waals surface area contributed by atoms with Crippen molar-refractivity contribution >= 4 is 35.0 Å². The number of amides is 2. The molecule has 0 aliphatic heterocycles. The molecule has 2 aromatic rings. The third kappa shape index (κ3) is 4.44. The Kier molecular flexibility index (Phi) is 5.13. The van der Waals surface area contributed by atoms with E-state index >= 15 is 0 Å². The van der Waals surface area contributed by atoms with Crippen LogP contribution in [0.25, 0.3) is 0 Å². The van der Waals surface area contributed by atoms with Gasteiger partial charge in [0.2, 0.25) is 5.91 Å². The molecule has 9 heteroatoms. The van der Waals surface area contributed by atoms with Gasteiger partial charge in [0.1, 0.15) is 19.2 Å². The Hall–Kier alpha value is -2.12. The van der Waals surface area contributed by atoms with Gasteiger partial charge in [-0.25, -0.2) is 9.67 Å². The van der Waals surface area contributed by atoms with Gasteiger partial charge >= 0.3 is 0 Å². The lowest BCUT2D eigenvalue weighted by molar-refractivity contribution is -0.129. The Morgan fingerprint density at radius 1 is 1.14 bits per heavy atom. The van der Waals surface area contributed by atoms with Crippen LogP contribution in [0.1, 0.15) is 5.56 Å². The fourth-order valence-corrected chi connectivity index (χ4v) is 2.08. The fraction of sp³-hybridized carbons (Fsp3) is 0.167. The second kappa shape index (κ2) is 7.05. The van der Waals surface area contributed by atoms with E-state index in [1.165, 1.54) is 17.3 Å². The van der Waals surface area contributed by atoms with E-state index in [9.17, 15) is 9.59 Å². The number of benzene rings is 1. The molecule has 1 heterocycles. The largest absolute Gasteiger partial charge is 0.273 e. The molecule has 2 amide bonds. The lowest BCUT2D eigenvalue weighted by Gasteiger charge is -2.09. The summed E-state index contributed by atoms with van der Waals surface area (Å²) in [5.41, 5.74) is 5.05. The Morgan fingerprint density at radius 2 is 1.81 bits per heavy atom. The maximum Gasteiger partial charge on any atom is 0.260 e. The first kappa shape index (κ1) is 15.3. The highest BCUT2D eigenvalue weighted by Gasteiger charge is 2.11. The van der Waals surface area contributed by atoms with Crippen molar-refractivity contribution in [1.82, 2.24) is 25.6 Å². The molecule has 110 valence electrons. The zero-order valence-corrected chi connectivity index (χ0v) is 12.2. The number of rotatable bonds is 4. The van der Waals surface area contributed by atoms with E-state index in [1.807, 2.05) is 0 Å². The zero-order chi connectivity index (χ0) is 15.2. The van der Waals surface area contributed by atoms with E-state index < -0.39 is 11.8 Å². The number of nitrogens with zero attached hydrogens (tertiary/aromatic N) is 3. The number of aromatic nitrogens is 3. The lowest BCUT2D eigenvalue weighted by atomic mass is 10.1. The minimum Gasteiger partial charge on any atom is -0.273 e. The third-order valence-electron chi connectivity index (χ3n) is 2.51. The van der Waals surface area contributed by atoms with E-state index in [1.54, 1.807) is 18.2 Å². The highest BCUT2D eigenvalue weighted by molar-refractivity contribution is 6.36. The topological polar surface area (TPSA) is 88.9 Å². The van der Waals surface area contributed by atoms with Crippen LogP contribution in [0.2, 0.25) is 10.0 Å². The SMILES string of the molecule is O=C(Cc1c(Cl)cccc1Cl)NNC(=O)Cn1cncn1. The molecule has 2 N–H and O–H groups in total. The van der Waals surface area contributed by atoms with Gasteiger partial charge in [0.05, 0.1) is 6.42 Å². The number of halogens is 2. The summed E-state index contributed by atoms with van der Waals surface area (Å²) in [6.45, 7) is -0.0485. The standard InChI is InChI=1S/C12H11Cl2N5O2/c13-9-2-1-3-10(14)8(9)4-11(20)17-18-12(21)5-19-7-15-6-16-19/h1-3,6-7H,4-5H2,(H,17,20)(H,18,21). The van der Waals surface area contributed by atoms with Gasteiger partial charge in [-0.05, 0) is 17.7 Å². The number of hydrogen-bond donors (Lipinski definition) is 2. The summed E-state index contributed by atoms with van der Waals surface area (Å²) in [6, 6.07) is 4.96. The molecule has 0 bridgehead atoms. The van der Waals surface area contributed by atoms with Crippen molar-refractivity contribution in [2.24, 2.45) is 0 Å².